The molecule has 2 N–H and O–H groups in total. The number of anilines is 2. The quantitative estimate of drug-likeness (QED) is 0.945. The van der Waals surface area contributed by atoms with E-state index in [2.05, 4.69) is 11.2 Å². The third-order valence-corrected chi connectivity index (χ3v) is 3.53. The fraction of sp³-hybridized carbons (Fsp3) is 0.231. The van der Waals surface area contributed by atoms with Crippen LogP contribution in [0.1, 0.15) is 12.5 Å². The third kappa shape index (κ3) is 2.40. The van der Waals surface area contributed by atoms with Gasteiger partial charge in [0.15, 0.2) is 5.82 Å². The summed E-state index contributed by atoms with van der Waals surface area (Å²) in [6.45, 7) is 2.67. The highest BCUT2D eigenvalue weighted by Crippen LogP contribution is 2.30. The van der Waals surface area contributed by atoms with E-state index in [1.807, 2.05) is 18.9 Å². The highest BCUT2D eigenvalue weighted by Gasteiger charge is 2.20. The Morgan fingerprint density at radius 1 is 1.45 bits per heavy atom. The number of hydrogen-bond donors (Lipinski definition) is 1. The molecular formula is C13H13Cl2N5. The molecule has 0 amide bonds. The number of nitrogens with zero attached hydrogens (tertiary/aromatic N) is 4. The maximum atomic E-state index is 9.25. The van der Waals surface area contributed by atoms with Crippen molar-refractivity contribution >= 4 is 34.8 Å². The summed E-state index contributed by atoms with van der Waals surface area (Å²) in [6.07, 6.45) is 0. The molecular weight excluding hydrogens is 297 g/mol. The molecule has 2 rings (SSSR count). The molecule has 0 saturated carbocycles. The minimum atomic E-state index is 0.257. The van der Waals surface area contributed by atoms with Crippen LogP contribution < -0.4 is 10.6 Å². The van der Waals surface area contributed by atoms with Crippen molar-refractivity contribution in [2.45, 2.75) is 6.92 Å². The van der Waals surface area contributed by atoms with Crippen molar-refractivity contribution in [1.29, 1.82) is 5.26 Å². The predicted octanol–water partition coefficient (Wildman–Crippen LogP) is 3.09. The first-order chi connectivity index (χ1) is 9.49. The average molecular weight is 310 g/mol. The Morgan fingerprint density at radius 2 is 2.15 bits per heavy atom. The van der Waals surface area contributed by atoms with E-state index in [1.54, 1.807) is 18.2 Å². The van der Waals surface area contributed by atoms with E-state index in [4.69, 9.17) is 28.9 Å². The van der Waals surface area contributed by atoms with Crippen LogP contribution in [0.4, 0.5) is 11.6 Å². The van der Waals surface area contributed by atoms with Crippen LogP contribution in [0.15, 0.2) is 18.2 Å². The van der Waals surface area contributed by atoms with Gasteiger partial charge in [-0.1, -0.05) is 23.2 Å². The number of rotatable bonds is 3. The van der Waals surface area contributed by atoms with Crippen molar-refractivity contribution in [1.82, 2.24) is 9.78 Å². The van der Waals surface area contributed by atoms with Gasteiger partial charge in [0.05, 0.1) is 10.7 Å². The Hall–Kier alpha value is -1.90. The van der Waals surface area contributed by atoms with Crippen LogP contribution in [-0.2, 0) is 0 Å². The molecule has 0 atom stereocenters. The zero-order valence-electron chi connectivity index (χ0n) is 11.1. The molecule has 0 spiro atoms. The maximum Gasteiger partial charge on any atom is 0.171 e. The lowest BCUT2D eigenvalue weighted by molar-refractivity contribution is 0.852. The first-order valence-corrected chi connectivity index (χ1v) is 6.70. The van der Waals surface area contributed by atoms with Gasteiger partial charge in [-0.05, 0) is 25.1 Å². The predicted molar refractivity (Wildman–Crippen MR) is 81.7 cm³/mol. The van der Waals surface area contributed by atoms with Gasteiger partial charge in [-0.15, -0.1) is 5.10 Å². The van der Waals surface area contributed by atoms with Crippen molar-refractivity contribution in [3.05, 3.63) is 33.8 Å². The fourth-order valence-corrected chi connectivity index (χ4v) is 2.27. The number of hydrogen-bond acceptors (Lipinski definition) is 4. The van der Waals surface area contributed by atoms with E-state index in [0.717, 1.165) is 0 Å². The number of halogens is 2. The van der Waals surface area contributed by atoms with E-state index in [-0.39, 0.29) is 5.82 Å². The van der Waals surface area contributed by atoms with Crippen molar-refractivity contribution in [3.63, 3.8) is 0 Å². The maximum absolute atomic E-state index is 9.25. The molecule has 0 saturated heterocycles. The summed E-state index contributed by atoms with van der Waals surface area (Å²) in [5, 5.41) is 14.6. The molecule has 0 aliphatic rings. The Morgan fingerprint density at radius 3 is 2.70 bits per heavy atom. The fourth-order valence-electron chi connectivity index (χ4n) is 1.78. The first kappa shape index (κ1) is 14.5. The standard InChI is InChI=1S/C13H13Cl2N5/c1-3-19(2)13-9(7-16)12(17)20(18-13)11-5-4-8(14)6-10(11)15/h4-6H,3,17H2,1-2H3. The molecule has 7 heteroatoms. The van der Waals surface area contributed by atoms with Crippen LogP contribution in [0.5, 0.6) is 0 Å². The minimum absolute atomic E-state index is 0.257. The van der Waals surface area contributed by atoms with Crippen molar-refractivity contribution < 1.29 is 0 Å². The molecule has 0 bridgehead atoms. The Balaban J connectivity index is 2.64. The van der Waals surface area contributed by atoms with Crippen LogP contribution >= 0.6 is 23.2 Å². The van der Waals surface area contributed by atoms with Gasteiger partial charge in [0, 0.05) is 18.6 Å². The van der Waals surface area contributed by atoms with E-state index in [9.17, 15) is 5.26 Å². The van der Waals surface area contributed by atoms with E-state index in [0.29, 0.717) is 33.7 Å². The van der Waals surface area contributed by atoms with Crippen LogP contribution in [0.25, 0.3) is 5.69 Å². The summed E-state index contributed by atoms with van der Waals surface area (Å²) in [6, 6.07) is 7.09. The van der Waals surface area contributed by atoms with E-state index >= 15 is 0 Å². The van der Waals surface area contributed by atoms with Gasteiger partial charge in [0.2, 0.25) is 0 Å². The monoisotopic (exact) mass is 309 g/mol. The molecule has 0 unspecified atom stereocenters. The van der Waals surface area contributed by atoms with E-state index < -0.39 is 0 Å². The molecule has 1 aromatic carbocycles. The molecule has 0 aliphatic heterocycles. The van der Waals surface area contributed by atoms with Gasteiger partial charge in [-0.2, -0.15) is 5.26 Å². The van der Waals surface area contributed by atoms with Crippen molar-refractivity contribution in [2.24, 2.45) is 0 Å². The second kappa shape index (κ2) is 5.61. The Labute approximate surface area is 127 Å². The lowest BCUT2D eigenvalue weighted by Gasteiger charge is -2.12. The summed E-state index contributed by atoms with van der Waals surface area (Å²) < 4.78 is 1.46. The van der Waals surface area contributed by atoms with E-state index in [1.165, 1.54) is 4.68 Å². The second-order valence-electron chi connectivity index (χ2n) is 4.22. The van der Waals surface area contributed by atoms with Crippen LogP contribution in [-0.4, -0.2) is 23.4 Å². The molecule has 0 radical (unpaired) electrons. The van der Waals surface area contributed by atoms with Crippen molar-refractivity contribution in [2.75, 3.05) is 24.2 Å². The summed E-state index contributed by atoms with van der Waals surface area (Å²) >= 11 is 12.0. The molecule has 0 aliphatic carbocycles. The van der Waals surface area contributed by atoms with Gasteiger partial charge in [0.1, 0.15) is 17.5 Å². The lowest BCUT2D eigenvalue weighted by atomic mass is 10.3. The SMILES string of the molecule is CCN(C)c1nn(-c2ccc(Cl)cc2Cl)c(N)c1C#N. The van der Waals surface area contributed by atoms with Gasteiger partial charge in [0.25, 0.3) is 0 Å². The molecule has 0 fully saturated rings. The number of nitrogens with two attached hydrogens (primary N) is 1. The summed E-state index contributed by atoms with van der Waals surface area (Å²) in [5.74, 6) is 0.783. The molecule has 2 aromatic rings. The lowest BCUT2D eigenvalue weighted by Crippen LogP contribution is -2.17. The van der Waals surface area contributed by atoms with Crippen LogP contribution in [0.3, 0.4) is 0 Å². The number of benzene rings is 1. The Kier molecular flexibility index (Phi) is 4.07. The third-order valence-electron chi connectivity index (χ3n) is 2.99. The van der Waals surface area contributed by atoms with Gasteiger partial charge in [-0.3, -0.25) is 0 Å². The van der Waals surface area contributed by atoms with Crippen molar-refractivity contribution in [3.8, 4) is 11.8 Å². The molecule has 1 aromatic heterocycles. The average Bonchev–Trinajstić information content (AvgIpc) is 2.75. The highest BCUT2D eigenvalue weighted by atomic mass is 35.5. The molecule has 20 heavy (non-hydrogen) atoms. The largest absolute Gasteiger partial charge is 0.382 e. The molecule has 1 heterocycles. The topological polar surface area (TPSA) is 70.9 Å². The zero-order chi connectivity index (χ0) is 14.9. The van der Waals surface area contributed by atoms with Crippen LogP contribution in [0.2, 0.25) is 10.0 Å². The summed E-state index contributed by atoms with van der Waals surface area (Å²) in [7, 11) is 1.84. The second-order valence-corrected chi connectivity index (χ2v) is 5.06. The summed E-state index contributed by atoms with van der Waals surface area (Å²) in [4.78, 5) is 1.84. The molecule has 5 nitrogen and oxygen atoms in total. The van der Waals surface area contributed by atoms with Gasteiger partial charge < -0.3 is 10.6 Å². The number of nitriles is 1. The summed E-state index contributed by atoms with van der Waals surface area (Å²) in [5.41, 5.74) is 6.92. The minimum Gasteiger partial charge on any atom is -0.382 e. The normalized spacial score (nSPS) is 10.3. The molecule has 104 valence electrons. The number of aromatic nitrogens is 2. The van der Waals surface area contributed by atoms with Gasteiger partial charge in [-0.25, -0.2) is 4.68 Å². The Bertz CT molecular complexity index is 687. The van der Waals surface area contributed by atoms with Crippen LogP contribution in [0, 0.1) is 11.3 Å². The smallest absolute Gasteiger partial charge is 0.171 e. The number of nitrogen functional groups attached to an aromatic ring is 1. The van der Waals surface area contributed by atoms with Gasteiger partial charge >= 0.3 is 0 Å². The zero-order valence-corrected chi connectivity index (χ0v) is 12.6. The first-order valence-electron chi connectivity index (χ1n) is 5.94. The highest BCUT2D eigenvalue weighted by molar-refractivity contribution is 6.35.